The van der Waals surface area contributed by atoms with Gasteiger partial charge in [-0.15, -0.1) is 0 Å². The highest BCUT2D eigenvalue weighted by Crippen LogP contribution is 2.18. The van der Waals surface area contributed by atoms with E-state index in [1.807, 2.05) is 0 Å². The Kier molecular flexibility index (Phi) is 25.2. The Hall–Kier alpha value is -0.0800. The van der Waals surface area contributed by atoms with Gasteiger partial charge in [0.05, 0.1) is 52.4 Å². The third-order valence-electron chi connectivity index (χ3n) is 8.70. The van der Waals surface area contributed by atoms with Crippen molar-refractivity contribution >= 4 is 0 Å². The summed E-state index contributed by atoms with van der Waals surface area (Å²) in [5.41, 5.74) is 0. The molecular formula is C34H74N2+2. The number of unbranched alkanes of at least 4 members (excludes halogenated alkanes) is 13. The molecule has 0 heterocycles. The fraction of sp³-hybridized carbons (Fsp3) is 1.00. The van der Waals surface area contributed by atoms with E-state index in [9.17, 15) is 0 Å². The third kappa shape index (κ3) is 18.2. The predicted octanol–water partition coefficient (Wildman–Crippen LogP) is 10.5. The van der Waals surface area contributed by atoms with Crippen LogP contribution in [0.25, 0.3) is 0 Å². The van der Waals surface area contributed by atoms with E-state index in [0.29, 0.717) is 0 Å². The normalized spacial score (nSPS) is 12.5. The maximum absolute atomic E-state index is 2.37. The zero-order valence-corrected chi connectivity index (χ0v) is 26.7. The molecule has 0 rings (SSSR count). The molecule has 218 valence electrons. The molecule has 0 aromatic carbocycles. The first kappa shape index (κ1) is 35.9. The number of quaternary nitrogens is 2. The molecular weight excluding hydrogens is 436 g/mol. The second-order valence-electron chi connectivity index (χ2n) is 12.4. The Balaban J connectivity index is 3.66. The van der Waals surface area contributed by atoms with Crippen LogP contribution in [0.15, 0.2) is 0 Å². The number of hydrogen-bond donors (Lipinski definition) is 0. The first-order chi connectivity index (χ1) is 17.6. The summed E-state index contributed by atoms with van der Waals surface area (Å²) in [6.45, 7) is 25.5. The molecule has 0 aliphatic carbocycles. The lowest BCUT2D eigenvalue weighted by atomic mass is 10.0. The Labute approximate surface area is 231 Å². The maximum Gasteiger partial charge on any atom is 0.0786 e. The lowest BCUT2D eigenvalue weighted by molar-refractivity contribution is -0.928. The molecule has 0 fully saturated rings. The van der Waals surface area contributed by atoms with Gasteiger partial charge in [0.1, 0.15) is 0 Å². The van der Waals surface area contributed by atoms with Crippen LogP contribution in [-0.2, 0) is 0 Å². The topological polar surface area (TPSA) is 0 Å². The number of rotatable bonds is 29. The molecule has 0 saturated carbocycles. The minimum Gasteiger partial charge on any atom is -0.324 e. The lowest BCUT2D eigenvalue weighted by Gasteiger charge is -2.38. The van der Waals surface area contributed by atoms with E-state index >= 15 is 0 Å². The second-order valence-corrected chi connectivity index (χ2v) is 12.4. The van der Waals surface area contributed by atoms with Crippen molar-refractivity contribution in [3.05, 3.63) is 0 Å². The van der Waals surface area contributed by atoms with Crippen molar-refractivity contribution in [2.24, 2.45) is 0 Å². The lowest BCUT2D eigenvalue weighted by Crippen LogP contribution is -2.50. The molecule has 0 radical (unpaired) electrons. The van der Waals surface area contributed by atoms with Gasteiger partial charge in [0.15, 0.2) is 0 Å². The van der Waals surface area contributed by atoms with E-state index in [0.717, 1.165) is 0 Å². The van der Waals surface area contributed by atoms with Crippen LogP contribution in [0.2, 0.25) is 0 Å². The molecule has 0 aliphatic rings. The average molecular weight is 511 g/mol. The number of hydrogen-bond acceptors (Lipinski definition) is 0. The van der Waals surface area contributed by atoms with Crippen molar-refractivity contribution in [1.82, 2.24) is 0 Å². The summed E-state index contributed by atoms with van der Waals surface area (Å²) in [4.78, 5) is 0. The van der Waals surface area contributed by atoms with Crippen LogP contribution in [0.3, 0.4) is 0 Å². The van der Waals surface area contributed by atoms with E-state index in [2.05, 4.69) is 41.5 Å². The van der Waals surface area contributed by atoms with Gasteiger partial charge in [-0.3, -0.25) is 0 Å². The van der Waals surface area contributed by atoms with Gasteiger partial charge in [-0.25, -0.2) is 0 Å². The maximum atomic E-state index is 2.37. The molecule has 0 aromatic rings. The molecule has 0 aliphatic heterocycles. The zero-order chi connectivity index (χ0) is 26.8. The molecule has 0 aromatic heterocycles. The van der Waals surface area contributed by atoms with E-state index in [1.54, 1.807) is 0 Å². The van der Waals surface area contributed by atoms with Gasteiger partial charge in [0.25, 0.3) is 0 Å². The Morgan fingerprint density at radius 3 is 0.556 bits per heavy atom. The summed E-state index contributed by atoms with van der Waals surface area (Å²) in [5, 5.41) is 0. The van der Waals surface area contributed by atoms with E-state index in [4.69, 9.17) is 0 Å². The Morgan fingerprint density at radius 2 is 0.389 bits per heavy atom. The van der Waals surface area contributed by atoms with Crippen molar-refractivity contribution in [2.75, 3.05) is 52.4 Å². The summed E-state index contributed by atoms with van der Waals surface area (Å²) < 4.78 is 2.81. The summed E-state index contributed by atoms with van der Waals surface area (Å²) in [5.74, 6) is 0. The smallest absolute Gasteiger partial charge is 0.0786 e. The van der Waals surface area contributed by atoms with Crippen LogP contribution >= 0.6 is 0 Å². The van der Waals surface area contributed by atoms with Crippen LogP contribution in [-0.4, -0.2) is 61.3 Å². The van der Waals surface area contributed by atoms with Crippen molar-refractivity contribution in [1.29, 1.82) is 0 Å². The highest BCUT2D eigenvalue weighted by molar-refractivity contribution is 4.52. The van der Waals surface area contributed by atoms with Crippen molar-refractivity contribution < 1.29 is 8.97 Å². The zero-order valence-electron chi connectivity index (χ0n) is 26.7. The minimum atomic E-state index is 1.34. The van der Waals surface area contributed by atoms with E-state index in [1.165, 1.54) is 190 Å². The van der Waals surface area contributed by atoms with Gasteiger partial charge in [-0.1, -0.05) is 106 Å². The van der Waals surface area contributed by atoms with Crippen LogP contribution in [0.5, 0.6) is 0 Å². The summed E-state index contributed by atoms with van der Waals surface area (Å²) in [6, 6.07) is 0. The fourth-order valence-electron chi connectivity index (χ4n) is 7.20. The molecule has 0 bridgehead atoms. The standard InChI is InChI=1S/C34H74N2/c1-7-27-35(28-8-2,29-9-3)33-25-23-21-19-17-15-13-14-16-18-20-22-24-26-34-36(30-10-4,31-11-5)32-12-6/h7-34H2,1-6H3/q+2. The van der Waals surface area contributed by atoms with Gasteiger partial charge in [0.2, 0.25) is 0 Å². The largest absolute Gasteiger partial charge is 0.324 e. The Morgan fingerprint density at radius 1 is 0.222 bits per heavy atom. The predicted molar refractivity (Wildman–Crippen MR) is 166 cm³/mol. The highest BCUT2D eigenvalue weighted by atomic mass is 15.3. The van der Waals surface area contributed by atoms with E-state index in [-0.39, 0.29) is 0 Å². The first-order valence-corrected chi connectivity index (χ1v) is 17.3. The second kappa shape index (κ2) is 25.2. The third-order valence-corrected chi connectivity index (χ3v) is 8.70. The molecule has 2 heteroatoms. The molecule has 0 unspecified atom stereocenters. The monoisotopic (exact) mass is 511 g/mol. The quantitative estimate of drug-likeness (QED) is 0.0693. The van der Waals surface area contributed by atoms with Gasteiger partial charge in [-0.2, -0.15) is 0 Å². The summed E-state index contributed by atoms with van der Waals surface area (Å²) in [7, 11) is 0. The van der Waals surface area contributed by atoms with Crippen LogP contribution in [0, 0.1) is 0 Å². The van der Waals surface area contributed by atoms with Crippen molar-refractivity contribution in [2.45, 2.75) is 170 Å². The van der Waals surface area contributed by atoms with E-state index < -0.39 is 0 Å². The summed E-state index contributed by atoms with van der Waals surface area (Å²) in [6.07, 6.45) is 28.7. The average Bonchev–Trinajstić information content (AvgIpc) is 2.85. The molecule has 2 nitrogen and oxygen atoms in total. The van der Waals surface area contributed by atoms with Gasteiger partial charge < -0.3 is 8.97 Å². The molecule has 0 saturated heterocycles. The van der Waals surface area contributed by atoms with Crippen LogP contribution in [0.4, 0.5) is 0 Å². The number of nitrogens with zero attached hydrogens (tertiary/aromatic N) is 2. The fourth-order valence-corrected chi connectivity index (χ4v) is 7.20. The molecule has 0 atom stereocenters. The summed E-state index contributed by atoms with van der Waals surface area (Å²) >= 11 is 0. The van der Waals surface area contributed by atoms with Gasteiger partial charge >= 0.3 is 0 Å². The first-order valence-electron chi connectivity index (χ1n) is 17.3. The minimum absolute atomic E-state index is 1.34. The SMILES string of the molecule is CCC[N+](CCC)(CCC)CCCCCCCCCCCCCCCC[N+](CCC)(CCC)CCC. The van der Waals surface area contributed by atoms with Crippen molar-refractivity contribution in [3.63, 3.8) is 0 Å². The van der Waals surface area contributed by atoms with Crippen LogP contribution in [0.1, 0.15) is 170 Å². The van der Waals surface area contributed by atoms with Gasteiger partial charge in [0, 0.05) is 0 Å². The molecule has 0 amide bonds. The molecule has 0 N–H and O–H groups in total. The van der Waals surface area contributed by atoms with Gasteiger partial charge in [-0.05, 0) is 64.2 Å². The Bertz CT molecular complexity index is 359. The van der Waals surface area contributed by atoms with Crippen molar-refractivity contribution in [3.8, 4) is 0 Å². The highest BCUT2D eigenvalue weighted by Gasteiger charge is 2.24. The van der Waals surface area contributed by atoms with Crippen LogP contribution < -0.4 is 0 Å². The molecule has 36 heavy (non-hydrogen) atoms. The molecule has 0 spiro atoms.